The third-order valence-corrected chi connectivity index (χ3v) is 4.18. The van der Waals surface area contributed by atoms with Gasteiger partial charge in [-0.2, -0.15) is 0 Å². The van der Waals surface area contributed by atoms with Gasteiger partial charge in [0, 0.05) is 6.54 Å². The van der Waals surface area contributed by atoms with Crippen molar-refractivity contribution in [3.8, 4) is 0 Å². The van der Waals surface area contributed by atoms with Crippen molar-refractivity contribution in [3.05, 3.63) is 24.1 Å². The van der Waals surface area contributed by atoms with E-state index in [2.05, 4.69) is 15.6 Å². The zero-order chi connectivity index (χ0) is 19.3. The van der Waals surface area contributed by atoms with Crippen LogP contribution in [0.15, 0.2) is 18.3 Å². The lowest BCUT2D eigenvalue weighted by Crippen LogP contribution is -2.58. The molecule has 2 heterocycles. The third kappa shape index (κ3) is 5.40. The summed E-state index contributed by atoms with van der Waals surface area (Å²) in [6.45, 7) is 4.16. The maximum absolute atomic E-state index is 12.9. The fourth-order valence-corrected chi connectivity index (χ4v) is 2.78. The maximum Gasteiger partial charge on any atom is 0.475 e. The number of anilines is 1. The molecule has 0 aromatic carbocycles. The molecule has 2 amide bonds. The molecule has 1 aromatic rings. The molecule has 0 bridgehead atoms. The molecule has 0 spiro atoms. The van der Waals surface area contributed by atoms with Crippen molar-refractivity contribution >= 4 is 24.8 Å². The first kappa shape index (κ1) is 20.1. The van der Waals surface area contributed by atoms with Gasteiger partial charge >= 0.3 is 7.12 Å². The molecule has 4 N–H and O–H groups in total. The zero-order valence-corrected chi connectivity index (χ0v) is 14.9. The number of pyridine rings is 1. The smallest absolute Gasteiger partial charge is 0.426 e. The highest BCUT2D eigenvalue weighted by Gasteiger charge is 2.35. The van der Waals surface area contributed by atoms with Gasteiger partial charge < -0.3 is 25.6 Å². The van der Waals surface area contributed by atoms with E-state index >= 15 is 0 Å². The zero-order valence-electron chi connectivity index (χ0n) is 14.9. The van der Waals surface area contributed by atoms with Gasteiger partial charge in [-0.15, -0.1) is 0 Å². The Hall–Kier alpha value is -2.20. The Morgan fingerprint density at radius 1 is 1.42 bits per heavy atom. The number of rotatable bonds is 8. The number of amides is 2. The van der Waals surface area contributed by atoms with E-state index in [9.17, 15) is 24.0 Å². The van der Waals surface area contributed by atoms with Crippen LogP contribution in [0, 0.1) is 11.7 Å². The molecule has 1 aromatic heterocycles. The van der Waals surface area contributed by atoms with Crippen molar-refractivity contribution in [2.24, 2.45) is 5.92 Å². The maximum atomic E-state index is 12.9. The predicted octanol–water partition coefficient (Wildman–Crippen LogP) is -0.541. The van der Waals surface area contributed by atoms with Gasteiger partial charge in [-0.3, -0.25) is 9.59 Å². The van der Waals surface area contributed by atoms with Gasteiger partial charge in [0.25, 0.3) is 0 Å². The highest BCUT2D eigenvalue weighted by atomic mass is 19.1. The standard InChI is InChI=1S/C16H24BFN4O4/c1-10(2)7-13(17(25)26)21-15(23)9-20-16(24)12-5-6-22(12)14-4-3-11(18)8-19-14/h3-4,8,10,12-13,25-26H,5-7,9H2,1-2H3,(H,20,24)(H,21,23). The Morgan fingerprint density at radius 3 is 2.65 bits per heavy atom. The SMILES string of the molecule is CC(C)CC(NC(=O)CNC(=O)C1CCN1c1ccc(F)cn1)B(O)O. The molecule has 2 atom stereocenters. The number of nitrogens with one attached hydrogen (secondary N) is 2. The predicted molar refractivity (Wildman–Crippen MR) is 94.5 cm³/mol. The van der Waals surface area contributed by atoms with Crippen LogP contribution in [0.1, 0.15) is 26.7 Å². The van der Waals surface area contributed by atoms with Gasteiger partial charge in [-0.25, -0.2) is 9.37 Å². The summed E-state index contributed by atoms with van der Waals surface area (Å²) in [6, 6.07) is 2.31. The van der Waals surface area contributed by atoms with Gasteiger partial charge in [-0.1, -0.05) is 13.8 Å². The normalized spacial score (nSPS) is 17.5. The van der Waals surface area contributed by atoms with Crippen molar-refractivity contribution in [2.45, 2.75) is 38.7 Å². The summed E-state index contributed by atoms with van der Waals surface area (Å²) in [5, 5.41) is 23.7. The summed E-state index contributed by atoms with van der Waals surface area (Å²) in [6.07, 6.45) is 2.10. The minimum Gasteiger partial charge on any atom is -0.426 e. The van der Waals surface area contributed by atoms with Crippen molar-refractivity contribution < 1.29 is 24.0 Å². The molecule has 0 radical (unpaired) electrons. The molecule has 0 saturated carbocycles. The average molecular weight is 366 g/mol. The molecule has 1 saturated heterocycles. The van der Waals surface area contributed by atoms with Gasteiger partial charge in [0.15, 0.2) is 0 Å². The van der Waals surface area contributed by atoms with E-state index in [1.165, 1.54) is 12.1 Å². The van der Waals surface area contributed by atoms with Crippen LogP contribution in [0.4, 0.5) is 10.2 Å². The average Bonchev–Trinajstić information content (AvgIpc) is 2.53. The molecule has 2 rings (SSSR count). The molecule has 0 aliphatic carbocycles. The van der Waals surface area contributed by atoms with E-state index in [-0.39, 0.29) is 18.4 Å². The summed E-state index contributed by atoms with van der Waals surface area (Å²) in [5.41, 5.74) is 0. The molecule has 10 heteroatoms. The van der Waals surface area contributed by atoms with Crippen LogP contribution in [0.2, 0.25) is 0 Å². The number of aromatic nitrogens is 1. The van der Waals surface area contributed by atoms with Crippen molar-refractivity contribution in [1.29, 1.82) is 0 Å². The highest BCUT2D eigenvalue weighted by molar-refractivity contribution is 6.43. The van der Waals surface area contributed by atoms with Crippen LogP contribution in [-0.2, 0) is 9.59 Å². The van der Waals surface area contributed by atoms with Crippen molar-refractivity contribution in [2.75, 3.05) is 18.0 Å². The second-order valence-electron chi connectivity index (χ2n) is 6.77. The third-order valence-electron chi connectivity index (χ3n) is 4.18. The quantitative estimate of drug-likeness (QED) is 0.460. The molecule has 8 nitrogen and oxygen atoms in total. The summed E-state index contributed by atoms with van der Waals surface area (Å²) in [4.78, 5) is 29.9. The second-order valence-corrected chi connectivity index (χ2v) is 6.77. The summed E-state index contributed by atoms with van der Waals surface area (Å²) < 4.78 is 12.9. The largest absolute Gasteiger partial charge is 0.475 e. The molecule has 1 fully saturated rings. The summed E-state index contributed by atoms with van der Waals surface area (Å²) in [5.74, 6) is -1.39. The van der Waals surface area contributed by atoms with E-state index < -0.39 is 30.8 Å². The monoisotopic (exact) mass is 366 g/mol. The first-order valence-electron chi connectivity index (χ1n) is 8.59. The van der Waals surface area contributed by atoms with E-state index in [1.54, 1.807) is 4.90 Å². The van der Waals surface area contributed by atoms with Crippen LogP contribution < -0.4 is 15.5 Å². The molecule has 2 unspecified atom stereocenters. The lowest BCUT2D eigenvalue weighted by Gasteiger charge is -2.40. The fraction of sp³-hybridized carbons (Fsp3) is 0.562. The Morgan fingerprint density at radius 2 is 2.15 bits per heavy atom. The Labute approximate surface area is 151 Å². The van der Waals surface area contributed by atoms with E-state index in [0.29, 0.717) is 25.2 Å². The topological polar surface area (TPSA) is 115 Å². The Bertz CT molecular complexity index is 629. The van der Waals surface area contributed by atoms with Crippen LogP contribution in [0.3, 0.4) is 0 Å². The number of carbonyl (C=O) groups is 2. The molecule has 26 heavy (non-hydrogen) atoms. The first-order valence-corrected chi connectivity index (χ1v) is 8.59. The summed E-state index contributed by atoms with van der Waals surface area (Å²) >= 11 is 0. The molecular weight excluding hydrogens is 342 g/mol. The number of nitrogens with zero attached hydrogens (tertiary/aromatic N) is 2. The van der Waals surface area contributed by atoms with E-state index in [1.807, 2.05) is 13.8 Å². The number of hydrogen-bond donors (Lipinski definition) is 4. The van der Waals surface area contributed by atoms with Gasteiger partial charge in [0.05, 0.1) is 18.7 Å². The Kier molecular flexibility index (Phi) is 6.93. The Balaban J connectivity index is 1.82. The second kappa shape index (κ2) is 8.95. The van der Waals surface area contributed by atoms with Crippen LogP contribution in [-0.4, -0.2) is 59.0 Å². The molecule has 1 aliphatic heterocycles. The molecule has 142 valence electrons. The van der Waals surface area contributed by atoms with Gasteiger partial charge in [-0.05, 0) is 30.9 Å². The van der Waals surface area contributed by atoms with Crippen LogP contribution >= 0.6 is 0 Å². The lowest BCUT2D eigenvalue weighted by atomic mass is 9.75. The first-order chi connectivity index (χ1) is 12.3. The van der Waals surface area contributed by atoms with Gasteiger partial charge in [0.1, 0.15) is 17.7 Å². The van der Waals surface area contributed by atoms with Crippen LogP contribution in [0.25, 0.3) is 0 Å². The van der Waals surface area contributed by atoms with Crippen molar-refractivity contribution in [3.63, 3.8) is 0 Å². The minimum absolute atomic E-state index is 0.170. The number of halogens is 1. The van der Waals surface area contributed by atoms with E-state index in [0.717, 1.165) is 6.20 Å². The fourth-order valence-electron chi connectivity index (χ4n) is 2.78. The van der Waals surface area contributed by atoms with Gasteiger partial charge in [0.2, 0.25) is 11.8 Å². The van der Waals surface area contributed by atoms with Crippen molar-refractivity contribution in [1.82, 2.24) is 15.6 Å². The highest BCUT2D eigenvalue weighted by Crippen LogP contribution is 2.24. The molecular formula is C16H24BFN4O4. The lowest BCUT2D eigenvalue weighted by molar-refractivity contribution is -0.127. The number of carbonyl (C=O) groups excluding carboxylic acids is 2. The molecule has 1 aliphatic rings. The van der Waals surface area contributed by atoms with Crippen LogP contribution in [0.5, 0.6) is 0 Å². The minimum atomic E-state index is -1.66. The number of hydrogen-bond acceptors (Lipinski definition) is 6. The summed E-state index contributed by atoms with van der Waals surface area (Å²) in [7, 11) is -1.66. The van der Waals surface area contributed by atoms with E-state index in [4.69, 9.17) is 0 Å².